The van der Waals surface area contributed by atoms with Crippen molar-refractivity contribution in [1.82, 2.24) is 19.8 Å². The SMILES string of the molecule is C[S+]([O-])Nc1ccccc1Nc1nc(Nc2ccc(N3CCC(N4CCN(CC(=O)O)CC4)CC3)c(F)c2)ncc1Cl. The number of nitrogens with one attached hydrogen (secondary N) is 3. The van der Waals surface area contributed by atoms with Gasteiger partial charge in [0.25, 0.3) is 0 Å². The van der Waals surface area contributed by atoms with Gasteiger partial charge in [0.15, 0.2) is 5.82 Å². The maximum Gasteiger partial charge on any atom is 0.317 e. The third-order valence-corrected chi connectivity index (χ3v) is 8.25. The van der Waals surface area contributed by atoms with E-state index in [1.165, 1.54) is 12.3 Å². The molecule has 0 aliphatic carbocycles. The molecule has 0 amide bonds. The highest BCUT2D eigenvalue weighted by molar-refractivity contribution is 7.92. The number of para-hydroxylation sites is 2. The van der Waals surface area contributed by atoms with Crippen LogP contribution < -0.4 is 20.3 Å². The smallest absolute Gasteiger partial charge is 0.317 e. The van der Waals surface area contributed by atoms with Gasteiger partial charge in [-0.3, -0.25) is 14.6 Å². The van der Waals surface area contributed by atoms with E-state index in [4.69, 9.17) is 16.7 Å². The number of hydrogen-bond donors (Lipinski definition) is 4. The summed E-state index contributed by atoms with van der Waals surface area (Å²) in [6.07, 6.45) is 4.85. The largest absolute Gasteiger partial charge is 0.593 e. The molecule has 1 aromatic heterocycles. The Morgan fingerprint density at radius 1 is 1.10 bits per heavy atom. The van der Waals surface area contributed by atoms with Gasteiger partial charge in [0, 0.05) is 51.0 Å². The first-order chi connectivity index (χ1) is 20.2. The van der Waals surface area contributed by atoms with Gasteiger partial charge < -0.3 is 25.2 Å². The fourth-order valence-corrected chi connectivity index (χ4v) is 6.02. The maximum atomic E-state index is 15.3. The number of piperidine rings is 1. The van der Waals surface area contributed by atoms with Crippen LogP contribution in [0.4, 0.5) is 38.9 Å². The van der Waals surface area contributed by atoms with E-state index in [0.717, 1.165) is 52.1 Å². The van der Waals surface area contributed by atoms with Crippen LogP contribution in [0.3, 0.4) is 0 Å². The predicted molar refractivity (Wildman–Crippen MR) is 165 cm³/mol. The van der Waals surface area contributed by atoms with Crippen molar-refractivity contribution in [2.75, 3.05) is 72.3 Å². The van der Waals surface area contributed by atoms with Gasteiger partial charge in [-0.05, 0) is 43.2 Å². The molecule has 42 heavy (non-hydrogen) atoms. The predicted octanol–water partition coefficient (Wildman–Crippen LogP) is 4.13. The Labute approximate surface area is 252 Å². The molecule has 3 heterocycles. The number of carboxylic acids is 1. The van der Waals surface area contributed by atoms with Crippen LogP contribution in [0.5, 0.6) is 0 Å². The summed E-state index contributed by atoms with van der Waals surface area (Å²) in [6.45, 7) is 4.83. The second kappa shape index (κ2) is 13.7. The van der Waals surface area contributed by atoms with Crippen molar-refractivity contribution in [3.63, 3.8) is 0 Å². The number of hydrogen-bond acceptors (Lipinski definition) is 10. The monoisotopic (exact) mass is 616 g/mol. The average molecular weight is 617 g/mol. The molecule has 1 unspecified atom stereocenters. The van der Waals surface area contributed by atoms with Crippen molar-refractivity contribution >= 4 is 63.4 Å². The summed E-state index contributed by atoms with van der Waals surface area (Å²) in [5.74, 6) is -0.540. The van der Waals surface area contributed by atoms with Crippen molar-refractivity contribution in [2.45, 2.75) is 18.9 Å². The van der Waals surface area contributed by atoms with Crippen LogP contribution in [-0.4, -0.2) is 93.5 Å². The van der Waals surface area contributed by atoms with Crippen LogP contribution in [0, 0.1) is 5.82 Å². The second-order valence-electron chi connectivity index (χ2n) is 10.3. The molecule has 3 aromatic rings. The standard InChI is InChI=1S/C28H34ClFN8O3S/c1-42(41)35-24-5-3-2-4-23(24)33-27-21(29)17-31-28(34-27)32-19-6-7-25(22(30)16-19)38-10-8-20(9-11-38)37-14-12-36(13-15-37)18-26(39)40/h2-7,16-17,20,35H,8-15,18H2,1H3,(H,39,40)(H2,31,32,33,34). The zero-order valence-electron chi connectivity index (χ0n) is 23.2. The maximum absolute atomic E-state index is 15.3. The van der Waals surface area contributed by atoms with Crippen molar-refractivity contribution in [3.05, 3.63) is 59.5 Å². The molecule has 11 nitrogen and oxygen atoms in total. The molecule has 224 valence electrons. The van der Waals surface area contributed by atoms with Gasteiger partial charge >= 0.3 is 5.97 Å². The van der Waals surface area contributed by atoms with Gasteiger partial charge in [-0.2, -0.15) is 4.98 Å². The van der Waals surface area contributed by atoms with Crippen molar-refractivity contribution in [3.8, 4) is 0 Å². The zero-order valence-corrected chi connectivity index (χ0v) is 24.8. The molecular formula is C28H34ClFN8O3S. The Morgan fingerprint density at radius 3 is 2.48 bits per heavy atom. The van der Waals surface area contributed by atoms with Crippen LogP contribution in [0.2, 0.25) is 5.02 Å². The number of piperazine rings is 1. The minimum absolute atomic E-state index is 0.0913. The summed E-state index contributed by atoms with van der Waals surface area (Å²) < 4.78 is 29.8. The minimum atomic E-state index is -1.26. The Balaban J connectivity index is 1.18. The molecule has 0 saturated carbocycles. The molecule has 0 radical (unpaired) electrons. The molecule has 2 aliphatic rings. The Bertz CT molecular complexity index is 1390. The summed E-state index contributed by atoms with van der Waals surface area (Å²) in [7, 11) is 0. The number of nitrogens with zero attached hydrogens (tertiary/aromatic N) is 5. The fourth-order valence-electron chi connectivity index (χ4n) is 5.40. The zero-order chi connectivity index (χ0) is 29.6. The lowest BCUT2D eigenvalue weighted by molar-refractivity contribution is -0.138. The summed E-state index contributed by atoms with van der Waals surface area (Å²) in [4.78, 5) is 26.1. The first-order valence-corrected chi connectivity index (χ1v) is 15.7. The van der Waals surface area contributed by atoms with E-state index in [9.17, 15) is 9.35 Å². The number of rotatable bonds is 10. The number of carboxylic acid groups (broad SMARTS) is 1. The van der Waals surface area contributed by atoms with Gasteiger partial charge in [0.2, 0.25) is 5.95 Å². The van der Waals surface area contributed by atoms with E-state index in [-0.39, 0.29) is 18.3 Å². The molecule has 2 aromatic carbocycles. The summed E-state index contributed by atoms with van der Waals surface area (Å²) in [5.41, 5.74) is 2.32. The molecule has 0 spiro atoms. The van der Waals surface area contributed by atoms with E-state index in [1.54, 1.807) is 30.5 Å². The number of benzene rings is 2. The third-order valence-electron chi connectivity index (χ3n) is 7.47. The fraction of sp³-hybridized carbons (Fsp3) is 0.393. The minimum Gasteiger partial charge on any atom is -0.593 e. The van der Waals surface area contributed by atoms with E-state index >= 15 is 4.39 Å². The third kappa shape index (κ3) is 7.72. The highest BCUT2D eigenvalue weighted by Gasteiger charge is 2.28. The topological polar surface area (TPSA) is 132 Å². The van der Waals surface area contributed by atoms with Gasteiger partial charge in [0.1, 0.15) is 22.8 Å². The summed E-state index contributed by atoms with van der Waals surface area (Å²) in [5, 5.41) is 15.5. The van der Waals surface area contributed by atoms with Gasteiger partial charge in [-0.15, -0.1) is 0 Å². The molecule has 0 bridgehead atoms. The average Bonchev–Trinajstić information content (AvgIpc) is 2.96. The molecule has 4 N–H and O–H groups in total. The Morgan fingerprint density at radius 2 is 1.81 bits per heavy atom. The van der Waals surface area contributed by atoms with E-state index < -0.39 is 17.3 Å². The number of aliphatic carboxylic acids is 1. The first-order valence-electron chi connectivity index (χ1n) is 13.7. The normalized spacial score (nSPS) is 17.6. The number of carbonyl (C=O) groups is 1. The number of aromatic nitrogens is 2. The number of anilines is 6. The first kappa shape index (κ1) is 30.1. The van der Waals surface area contributed by atoms with Gasteiger partial charge in [-0.1, -0.05) is 23.7 Å². The van der Waals surface area contributed by atoms with Crippen LogP contribution in [0.1, 0.15) is 12.8 Å². The summed E-state index contributed by atoms with van der Waals surface area (Å²) >= 11 is 5.07. The Hall–Kier alpha value is -3.36. The molecule has 5 rings (SSSR count). The van der Waals surface area contributed by atoms with Crippen molar-refractivity contribution in [1.29, 1.82) is 0 Å². The molecule has 2 saturated heterocycles. The summed E-state index contributed by atoms with van der Waals surface area (Å²) in [6, 6.07) is 12.7. The van der Waals surface area contributed by atoms with E-state index in [1.807, 2.05) is 17.0 Å². The van der Waals surface area contributed by atoms with Crippen LogP contribution in [0.25, 0.3) is 0 Å². The molecule has 14 heteroatoms. The van der Waals surface area contributed by atoms with Crippen LogP contribution in [-0.2, 0) is 16.2 Å². The molecule has 2 aliphatic heterocycles. The molecule has 1 atom stereocenters. The quantitative estimate of drug-likeness (QED) is 0.245. The lowest BCUT2D eigenvalue weighted by Gasteiger charge is -2.43. The van der Waals surface area contributed by atoms with Crippen LogP contribution in [0.15, 0.2) is 48.7 Å². The second-order valence-corrected chi connectivity index (χ2v) is 11.9. The van der Waals surface area contributed by atoms with E-state index in [0.29, 0.717) is 39.6 Å². The lowest BCUT2D eigenvalue weighted by Crippen LogP contribution is -2.54. The molecular weight excluding hydrogens is 583 g/mol. The van der Waals surface area contributed by atoms with Crippen molar-refractivity contribution in [2.24, 2.45) is 0 Å². The van der Waals surface area contributed by atoms with Crippen LogP contribution >= 0.6 is 11.6 Å². The van der Waals surface area contributed by atoms with Crippen molar-refractivity contribution < 1.29 is 18.8 Å². The highest BCUT2D eigenvalue weighted by Crippen LogP contribution is 2.31. The van der Waals surface area contributed by atoms with E-state index in [2.05, 4.69) is 35.1 Å². The molecule has 2 fully saturated rings. The lowest BCUT2D eigenvalue weighted by atomic mass is 10.0. The van der Waals surface area contributed by atoms with Gasteiger partial charge in [0.05, 0.1) is 35.5 Å². The number of halogens is 2. The highest BCUT2D eigenvalue weighted by atomic mass is 35.5. The Kier molecular flexibility index (Phi) is 9.85. The van der Waals surface area contributed by atoms with Gasteiger partial charge in [-0.25, -0.2) is 14.1 Å².